The fraction of sp³-hybridized carbons (Fsp3) is 0.250. The van der Waals surface area contributed by atoms with E-state index in [2.05, 4.69) is 0 Å². The number of nitrogen functional groups attached to an aromatic ring is 1. The van der Waals surface area contributed by atoms with Crippen LogP contribution < -0.4 is 5.73 Å². The highest BCUT2D eigenvalue weighted by molar-refractivity contribution is 6.42. The average Bonchev–Trinajstić information content (AvgIpc) is 2.44. The van der Waals surface area contributed by atoms with E-state index in [9.17, 15) is 5.11 Å². The molecule has 0 saturated heterocycles. The normalized spacial score (nSPS) is 12.6. The molecule has 0 aliphatic heterocycles. The van der Waals surface area contributed by atoms with Crippen molar-refractivity contribution in [2.45, 2.75) is 12.6 Å². The standard InChI is InChI=1S/C16H18Cl2N2O/c1-20(9-12-4-2-3-5-15(12)19)10-16(21)11-6-7-13(17)14(18)8-11/h2-8,16,21H,9-10,19H2,1H3. The van der Waals surface area contributed by atoms with E-state index in [0.29, 0.717) is 23.1 Å². The fourth-order valence-corrected chi connectivity index (χ4v) is 2.46. The summed E-state index contributed by atoms with van der Waals surface area (Å²) in [6, 6.07) is 12.9. The molecular formula is C16H18Cl2N2O. The summed E-state index contributed by atoms with van der Waals surface area (Å²) in [6.07, 6.45) is -0.630. The lowest BCUT2D eigenvalue weighted by atomic mass is 10.1. The van der Waals surface area contributed by atoms with Crippen LogP contribution >= 0.6 is 23.2 Å². The number of benzene rings is 2. The largest absolute Gasteiger partial charge is 0.398 e. The molecule has 0 aliphatic carbocycles. The van der Waals surface area contributed by atoms with Gasteiger partial charge in [0.2, 0.25) is 0 Å². The van der Waals surface area contributed by atoms with Crippen LogP contribution in [0, 0.1) is 0 Å². The molecule has 0 amide bonds. The van der Waals surface area contributed by atoms with Crippen molar-refractivity contribution < 1.29 is 5.11 Å². The molecule has 3 nitrogen and oxygen atoms in total. The Kier molecular flexibility index (Phi) is 5.48. The third-order valence-corrected chi connectivity index (χ3v) is 4.05. The van der Waals surface area contributed by atoms with E-state index < -0.39 is 6.10 Å². The first-order valence-corrected chi connectivity index (χ1v) is 7.38. The molecule has 0 fully saturated rings. The van der Waals surface area contributed by atoms with Crippen LogP contribution in [-0.4, -0.2) is 23.6 Å². The van der Waals surface area contributed by atoms with Crippen LogP contribution in [0.1, 0.15) is 17.2 Å². The minimum atomic E-state index is -0.630. The fourth-order valence-electron chi connectivity index (χ4n) is 2.15. The highest BCUT2D eigenvalue weighted by atomic mass is 35.5. The molecular weight excluding hydrogens is 307 g/mol. The molecule has 21 heavy (non-hydrogen) atoms. The van der Waals surface area contributed by atoms with E-state index in [1.165, 1.54) is 0 Å². The highest BCUT2D eigenvalue weighted by Crippen LogP contribution is 2.26. The summed E-state index contributed by atoms with van der Waals surface area (Å²) in [6.45, 7) is 1.15. The minimum absolute atomic E-state index is 0.447. The maximum absolute atomic E-state index is 10.3. The van der Waals surface area contributed by atoms with Crippen LogP contribution in [0.4, 0.5) is 5.69 Å². The molecule has 0 saturated carbocycles. The summed E-state index contributed by atoms with van der Waals surface area (Å²) in [5.74, 6) is 0. The second kappa shape index (κ2) is 7.14. The number of nitrogens with two attached hydrogens (primary N) is 1. The summed E-state index contributed by atoms with van der Waals surface area (Å²) < 4.78 is 0. The lowest BCUT2D eigenvalue weighted by molar-refractivity contribution is 0.124. The first-order chi connectivity index (χ1) is 9.97. The summed E-state index contributed by atoms with van der Waals surface area (Å²) in [4.78, 5) is 2.01. The Morgan fingerprint density at radius 1 is 1.14 bits per heavy atom. The van der Waals surface area contributed by atoms with Gasteiger partial charge in [0.05, 0.1) is 16.1 Å². The van der Waals surface area contributed by atoms with Crippen LogP contribution in [0.5, 0.6) is 0 Å². The smallest absolute Gasteiger partial charge is 0.0917 e. The lowest BCUT2D eigenvalue weighted by Crippen LogP contribution is -2.24. The number of halogens is 2. The summed E-state index contributed by atoms with van der Waals surface area (Å²) in [5.41, 5.74) is 8.47. The van der Waals surface area contributed by atoms with Gasteiger partial charge in [0.25, 0.3) is 0 Å². The predicted octanol–water partition coefficient (Wildman–Crippen LogP) is 3.74. The molecule has 1 atom stereocenters. The maximum atomic E-state index is 10.3. The molecule has 0 spiro atoms. The summed E-state index contributed by atoms with van der Waals surface area (Å²) >= 11 is 11.8. The van der Waals surface area contributed by atoms with Gasteiger partial charge in [0.15, 0.2) is 0 Å². The third kappa shape index (κ3) is 4.35. The van der Waals surface area contributed by atoms with E-state index >= 15 is 0 Å². The average molecular weight is 325 g/mol. The van der Waals surface area contributed by atoms with Gasteiger partial charge in [-0.1, -0.05) is 47.5 Å². The van der Waals surface area contributed by atoms with E-state index in [0.717, 1.165) is 16.8 Å². The Hall–Kier alpha value is -1.26. The van der Waals surface area contributed by atoms with Gasteiger partial charge in [-0.2, -0.15) is 0 Å². The van der Waals surface area contributed by atoms with Crippen LogP contribution in [0.2, 0.25) is 10.0 Å². The molecule has 0 heterocycles. The monoisotopic (exact) mass is 324 g/mol. The first-order valence-electron chi connectivity index (χ1n) is 6.62. The highest BCUT2D eigenvalue weighted by Gasteiger charge is 2.13. The Bertz CT molecular complexity index is 619. The lowest BCUT2D eigenvalue weighted by Gasteiger charge is -2.21. The van der Waals surface area contributed by atoms with E-state index in [-0.39, 0.29) is 0 Å². The van der Waals surface area contributed by atoms with Gasteiger partial charge in [-0.3, -0.25) is 4.90 Å². The number of nitrogens with zero attached hydrogens (tertiary/aromatic N) is 1. The van der Waals surface area contributed by atoms with Gasteiger partial charge in [-0.05, 0) is 36.4 Å². The van der Waals surface area contributed by atoms with Gasteiger partial charge in [0, 0.05) is 18.8 Å². The zero-order valence-corrected chi connectivity index (χ0v) is 13.3. The quantitative estimate of drug-likeness (QED) is 0.824. The molecule has 5 heteroatoms. The molecule has 1 unspecified atom stereocenters. The molecule has 2 aromatic rings. The van der Waals surface area contributed by atoms with Gasteiger partial charge >= 0.3 is 0 Å². The van der Waals surface area contributed by atoms with Crippen molar-refractivity contribution in [3.8, 4) is 0 Å². The van der Waals surface area contributed by atoms with Crippen LogP contribution in [0.15, 0.2) is 42.5 Å². The molecule has 0 aliphatic rings. The van der Waals surface area contributed by atoms with Crippen molar-refractivity contribution in [3.63, 3.8) is 0 Å². The number of aliphatic hydroxyl groups excluding tert-OH is 1. The van der Waals surface area contributed by atoms with E-state index in [1.54, 1.807) is 18.2 Å². The predicted molar refractivity (Wildman–Crippen MR) is 88.6 cm³/mol. The van der Waals surface area contributed by atoms with Crippen molar-refractivity contribution in [1.82, 2.24) is 4.90 Å². The molecule has 2 rings (SSSR count). The zero-order valence-electron chi connectivity index (χ0n) is 11.8. The Morgan fingerprint density at radius 3 is 2.52 bits per heavy atom. The number of para-hydroxylation sites is 1. The third-order valence-electron chi connectivity index (χ3n) is 3.31. The first kappa shape index (κ1) is 16.1. The van der Waals surface area contributed by atoms with Crippen molar-refractivity contribution in [2.75, 3.05) is 19.3 Å². The van der Waals surface area contributed by atoms with Gasteiger partial charge < -0.3 is 10.8 Å². The molecule has 0 radical (unpaired) electrons. The van der Waals surface area contributed by atoms with Crippen LogP contribution in [0.3, 0.4) is 0 Å². The topological polar surface area (TPSA) is 49.5 Å². The van der Waals surface area contributed by atoms with E-state index in [1.807, 2.05) is 36.2 Å². The van der Waals surface area contributed by atoms with Gasteiger partial charge in [-0.25, -0.2) is 0 Å². The van der Waals surface area contributed by atoms with Crippen molar-refractivity contribution in [1.29, 1.82) is 0 Å². The van der Waals surface area contributed by atoms with Crippen LogP contribution in [0.25, 0.3) is 0 Å². The Morgan fingerprint density at radius 2 is 1.86 bits per heavy atom. The molecule has 0 aromatic heterocycles. The van der Waals surface area contributed by atoms with Crippen LogP contribution in [-0.2, 0) is 6.54 Å². The molecule has 0 bridgehead atoms. The number of hydrogen-bond acceptors (Lipinski definition) is 3. The molecule has 3 N–H and O–H groups in total. The zero-order chi connectivity index (χ0) is 15.4. The maximum Gasteiger partial charge on any atom is 0.0917 e. The summed E-state index contributed by atoms with van der Waals surface area (Å²) in [7, 11) is 1.94. The Balaban J connectivity index is 2.00. The summed E-state index contributed by atoms with van der Waals surface area (Å²) in [5, 5.41) is 11.2. The molecule has 112 valence electrons. The van der Waals surface area contributed by atoms with Gasteiger partial charge in [0.1, 0.15) is 0 Å². The number of aliphatic hydroxyl groups is 1. The van der Waals surface area contributed by atoms with Gasteiger partial charge in [-0.15, -0.1) is 0 Å². The Labute approximate surface area is 134 Å². The number of hydrogen-bond donors (Lipinski definition) is 2. The second-order valence-electron chi connectivity index (χ2n) is 5.08. The molecule has 2 aromatic carbocycles. The van der Waals surface area contributed by atoms with Crippen molar-refractivity contribution in [3.05, 3.63) is 63.6 Å². The second-order valence-corrected chi connectivity index (χ2v) is 5.90. The van der Waals surface area contributed by atoms with Crippen molar-refractivity contribution in [2.24, 2.45) is 0 Å². The van der Waals surface area contributed by atoms with Crippen molar-refractivity contribution >= 4 is 28.9 Å². The number of likely N-dealkylation sites (N-methyl/N-ethyl adjacent to an activating group) is 1. The minimum Gasteiger partial charge on any atom is -0.398 e. The number of anilines is 1. The SMILES string of the molecule is CN(Cc1ccccc1N)CC(O)c1ccc(Cl)c(Cl)c1. The number of rotatable bonds is 5. The van der Waals surface area contributed by atoms with E-state index in [4.69, 9.17) is 28.9 Å².